The third-order valence-electron chi connectivity index (χ3n) is 1.41. The number of halogens is 2. The van der Waals surface area contributed by atoms with Gasteiger partial charge in [-0.05, 0) is 34.1 Å². The molecule has 0 heterocycles. The van der Waals surface area contributed by atoms with Crippen LogP contribution < -0.4 is 10.6 Å². The van der Waals surface area contributed by atoms with Crippen molar-refractivity contribution in [1.82, 2.24) is 5.32 Å². The van der Waals surface area contributed by atoms with Crippen molar-refractivity contribution in [1.29, 1.82) is 0 Å². The molecular formula is C8H8BrClN2O. The fourth-order valence-electron chi connectivity index (χ4n) is 0.776. The van der Waals surface area contributed by atoms with Gasteiger partial charge in [0.15, 0.2) is 0 Å². The Morgan fingerprint density at radius 3 is 2.77 bits per heavy atom. The molecule has 0 saturated heterocycles. The molecule has 1 aromatic carbocycles. The molecule has 13 heavy (non-hydrogen) atoms. The summed E-state index contributed by atoms with van der Waals surface area (Å²) >= 11 is 9.01. The molecule has 0 aliphatic carbocycles. The minimum Gasteiger partial charge on any atom is -0.341 e. The van der Waals surface area contributed by atoms with Gasteiger partial charge in [0.2, 0.25) is 0 Å². The van der Waals surface area contributed by atoms with Gasteiger partial charge in [0.25, 0.3) is 0 Å². The second kappa shape index (κ2) is 4.48. The predicted molar refractivity (Wildman–Crippen MR) is 57.2 cm³/mol. The number of hydrogen-bond acceptors (Lipinski definition) is 1. The van der Waals surface area contributed by atoms with Crippen molar-refractivity contribution in [2.45, 2.75) is 0 Å². The van der Waals surface area contributed by atoms with Crippen LogP contribution in [0.1, 0.15) is 0 Å². The van der Waals surface area contributed by atoms with Crippen molar-refractivity contribution < 1.29 is 4.79 Å². The Kier molecular flexibility index (Phi) is 3.57. The number of amides is 2. The number of nitrogens with one attached hydrogen (secondary N) is 2. The van der Waals surface area contributed by atoms with E-state index in [4.69, 9.17) is 11.6 Å². The van der Waals surface area contributed by atoms with Crippen molar-refractivity contribution in [3.05, 3.63) is 27.7 Å². The summed E-state index contributed by atoms with van der Waals surface area (Å²) in [7, 11) is 1.55. The van der Waals surface area contributed by atoms with Gasteiger partial charge >= 0.3 is 6.03 Å². The van der Waals surface area contributed by atoms with Crippen LogP contribution in [0, 0.1) is 0 Å². The highest BCUT2D eigenvalue weighted by molar-refractivity contribution is 9.10. The normalized spacial score (nSPS) is 9.46. The van der Waals surface area contributed by atoms with Gasteiger partial charge in [0.1, 0.15) is 0 Å². The van der Waals surface area contributed by atoms with Crippen molar-refractivity contribution in [3.8, 4) is 0 Å². The summed E-state index contributed by atoms with van der Waals surface area (Å²) in [5, 5.41) is 5.70. The van der Waals surface area contributed by atoms with Crippen LogP contribution in [0.2, 0.25) is 5.02 Å². The molecule has 0 aliphatic heterocycles. The van der Waals surface area contributed by atoms with Crippen molar-refractivity contribution in [3.63, 3.8) is 0 Å². The molecule has 0 saturated carbocycles. The Balaban J connectivity index is 2.83. The van der Waals surface area contributed by atoms with Crippen LogP contribution in [0.3, 0.4) is 0 Å². The molecule has 70 valence electrons. The molecule has 0 fully saturated rings. The highest BCUT2D eigenvalue weighted by atomic mass is 79.9. The number of carbonyl (C=O) groups is 1. The number of benzene rings is 1. The summed E-state index contributed by atoms with van der Waals surface area (Å²) in [6.07, 6.45) is 0. The lowest BCUT2D eigenvalue weighted by atomic mass is 10.3. The summed E-state index contributed by atoms with van der Waals surface area (Å²) in [5.74, 6) is 0. The molecule has 0 aliphatic rings. The highest BCUT2D eigenvalue weighted by Crippen LogP contribution is 2.25. The SMILES string of the molecule is CNC(=O)Nc1ccc(Cl)cc1Br. The van der Waals surface area contributed by atoms with E-state index in [9.17, 15) is 4.79 Å². The van der Waals surface area contributed by atoms with E-state index in [1.807, 2.05) is 0 Å². The third-order valence-corrected chi connectivity index (χ3v) is 2.30. The molecule has 0 spiro atoms. The number of carbonyl (C=O) groups excluding carboxylic acids is 1. The first-order valence-corrected chi connectivity index (χ1v) is 4.74. The maximum atomic E-state index is 10.9. The van der Waals surface area contributed by atoms with Gasteiger partial charge in [0, 0.05) is 16.5 Å². The van der Waals surface area contributed by atoms with Crippen LogP contribution in [0.25, 0.3) is 0 Å². The first-order valence-electron chi connectivity index (χ1n) is 3.57. The summed E-state index contributed by atoms with van der Waals surface area (Å²) < 4.78 is 0.753. The molecule has 0 aromatic heterocycles. The molecule has 0 bridgehead atoms. The molecule has 1 aromatic rings. The fraction of sp³-hybridized carbons (Fsp3) is 0.125. The van der Waals surface area contributed by atoms with Crippen molar-refractivity contribution in [2.75, 3.05) is 12.4 Å². The summed E-state index contributed by atoms with van der Waals surface area (Å²) in [6, 6.07) is 4.88. The second-order valence-electron chi connectivity index (χ2n) is 2.33. The van der Waals surface area contributed by atoms with E-state index in [0.29, 0.717) is 10.7 Å². The van der Waals surface area contributed by atoms with Gasteiger partial charge < -0.3 is 10.6 Å². The number of hydrogen-bond donors (Lipinski definition) is 2. The topological polar surface area (TPSA) is 41.1 Å². The maximum absolute atomic E-state index is 10.9. The Bertz CT molecular complexity index is 330. The Hall–Kier alpha value is -0.740. The average Bonchev–Trinajstić information content (AvgIpc) is 2.09. The van der Waals surface area contributed by atoms with Crippen LogP contribution in [-0.2, 0) is 0 Å². The molecule has 1 rings (SSSR count). The quantitative estimate of drug-likeness (QED) is 0.804. The molecular weight excluding hydrogens is 255 g/mol. The minimum atomic E-state index is -0.261. The van der Waals surface area contributed by atoms with Crippen molar-refractivity contribution in [2.24, 2.45) is 0 Å². The number of anilines is 1. The fourth-order valence-corrected chi connectivity index (χ4v) is 1.56. The van der Waals surface area contributed by atoms with E-state index in [1.54, 1.807) is 25.2 Å². The first kappa shape index (κ1) is 10.3. The number of rotatable bonds is 1. The van der Waals surface area contributed by atoms with E-state index in [-0.39, 0.29) is 6.03 Å². The zero-order valence-electron chi connectivity index (χ0n) is 6.90. The standard InChI is InChI=1S/C8H8BrClN2O/c1-11-8(13)12-7-3-2-5(10)4-6(7)9/h2-4H,1H3,(H2,11,12,13). The molecule has 0 atom stereocenters. The lowest BCUT2D eigenvalue weighted by Gasteiger charge is -2.06. The molecule has 0 unspecified atom stereocenters. The smallest absolute Gasteiger partial charge is 0.319 e. The van der Waals surface area contributed by atoms with Gasteiger partial charge in [-0.25, -0.2) is 4.79 Å². The van der Waals surface area contributed by atoms with Gasteiger partial charge in [-0.15, -0.1) is 0 Å². The Morgan fingerprint density at radius 1 is 1.54 bits per heavy atom. The maximum Gasteiger partial charge on any atom is 0.319 e. The Morgan fingerprint density at radius 2 is 2.23 bits per heavy atom. The van der Waals surface area contributed by atoms with Crippen LogP contribution in [-0.4, -0.2) is 13.1 Å². The van der Waals surface area contributed by atoms with Crippen LogP contribution in [0.15, 0.2) is 22.7 Å². The lowest BCUT2D eigenvalue weighted by molar-refractivity contribution is 0.254. The van der Waals surface area contributed by atoms with E-state index < -0.39 is 0 Å². The first-order chi connectivity index (χ1) is 6.13. The zero-order valence-corrected chi connectivity index (χ0v) is 9.24. The third kappa shape index (κ3) is 2.90. The van der Waals surface area contributed by atoms with E-state index in [0.717, 1.165) is 4.47 Å². The minimum absolute atomic E-state index is 0.261. The van der Waals surface area contributed by atoms with Crippen LogP contribution in [0.5, 0.6) is 0 Å². The molecule has 3 nitrogen and oxygen atoms in total. The molecule has 0 radical (unpaired) electrons. The lowest BCUT2D eigenvalue weighted by Crippen LogP contribution is -2.24. The molecule has 2 N–H and O–H groups in total. The summed E-state index contributed by atoms with van der Waals surface area (Å²) in [5.41, 5.74) is 0.684. The zero-order chi connectivity index (χ0) is 9.84. The highest BCUT2D eigenvalue weighted by Gasteiger charge is 2.02. The summed E-state index contributed by atoms with van der Waals surface area (Å²) in [4.78, 5) is 10.9. The number of urea groups is 1. The van der Waals surface area contributed by atoms with E-state index >= 15 is 0 Å². The summed E-state index contributed by atoms with van der Waals surface area (Å²) in [6.45, 7) is 0. The van der Waals surface area contributed by atoms with Crippen molar-refractivity contribution >= 4 is 39.2 Å². The second-order valence-corrected chi connectivity index (χ2v) is 3.62. The van der Waals surface area contributed by atoms with Crippen LogP contribution >= 0.6 is 27.5 Å². The van der Waals surface area contributed by atoms with E-state index in [2.05, 4.69) is 26.6 Å². The van der Waals surface area contributed by atoms with Gasteiger partial charge in [-0.3, -0.25) is 0 Å². The average molecular weight is 264 g/mol. The van der Waals surface area contributed by atoms with E-state index in [1.165, 1.54) is 0 Å². The van der Waals surface area contributed by atoms with Gasteiger partial charge in [-0.2, -0.15) is 0 Å². The largest absolute Gasteiger partial charge is 0.341 e. The molecule has 5 heteroatoms. The van der Waals surface area contributed by atoms with Gasteiger partial charge in [0.05, 0.1) is 5.69 Å². The monoisotopic (exact) mass is 262 g/mol. The van der Waals surface area contributed by atoms with Gasteiger partial charge in [-0.1, -0.05) is 11.6 Å². The van der Waals surface area contributed by atoms with Crippen LogP contribution in [0.4, 0.5) is 10.5 Å². The Labute approximate surface area is 89.6 Å². The predicted octanol–water partition coefficient (Wildman–Crippen LogP) is 2.85. The molecule has 2 amide bonds.